The third-order valence-electron chi connectivity index (χ3n) is 7.57. The maximum absolute atomic E-state index is 11.1. The van der Waals surface area contributed by atoms with Gasteiger partial charge in [-0.2, -0.15) is 0 Å². The van der Waals surface area contributed by atoms with Crippen molar-refractivity contribution in [3.63, 3.8) is 0 Å². The van der Waals surface area contributed by atoms with Crippen molar-refractivity contribution in [1.82, 2.24) is 0 Å². The summed E-state index contributed by atoms with van der Waals surface area (Å²) in [7, 11) is 1.22. The molecule has 1 aromatic rings. The van der Waals surface area contributed by atoms with Crippen LogP contribution in [-0.4, -0.2) is 165 Å². The number of ether oxygens (including phenoxy) is 7. The SMILES string of the molecule is CO[C@@H]1O[C@H](CO)[C@H](O)[C@H](O[C@@H]2O[C@H](CO)[C@H](O)[C@H](O[C@@H]3O[C@H](CO)[C@H](O)[C@H](OCc4ccccc4)[C@H]3O)[C@H]2O)[C@H]1O. The molecule has 3 fully saturated rings. The van der Waals surface area contributed by atoms with Gasteiger partial charge in [0.1, 0.15) is 73.2 Å². The highest BCUT2D eigenvalue weighted by atomic mass is 16.8. The fourth-order valence-corrected chi connectivity index (χ4v) is 5.17. The van der Waals surface area contributed by atoms with E-state index in [2.05, 4.69) is 0 Å². The second kappa shape index (κ2) is 15.0. The van der Waals surface area contributed by atoms with Gasteiger partial charge in [-0.3, -0.25) is 0 Å². The summed E-state index contributed by atoms with van der Waals surface area (Å²) in [6.45, 7) is -2.13. The quantitative estimate of drug-likeness (QED) is 0.115. The average Bonchev–Trinajstić information content (AvgIpc) is 3.00. The summed E-state index contributed by atoms with van der Waals surface area (Å²) in [6, 6.07) is 8.89. The lowest BCUT2D eigenvalue weighted by molar-refractivity contribution is -0.381. The van der Waals surface area contributed by atoms with E-state index in [1.807, 2.05) is 0 Å². The Morgan fingerprint density at radius 1 is 0.571 bits per heavy atom. The summed E-state index contributed by atoms with van der Waals surface area (Å²) in [5, 5.41) is 94.0. The zero-order valence-corrected chi connectivity index (χ0v) is 22.8. The molecule has 240 valence electrons. The Kier molecular flexibility index (Phi) is 12.0. The number of aliphatic hydroxyl groups is 9. The smallest absolute Gasteiger partial charge is 0.187 e. The first kappa shape index (κ1) is 33.5. The molecule has 0 bridgehead atoms. The first-order valence-electron chi connectivity index (χ1n) is 13.5. The lowest BCUT2D eigenvalue weighted by Crippen LogP contribution is -2.67. The van der Waals surface area contributed by atoms with Gasteiger partial charge in [-0.15, -0.1) is 0 Å². The van der Waals surface area contributed by atoms with Crippen molar-refractivity contribution >= 4 is 0 Å². The largest absolute Gasteiger partial charge is 0.394 e. The summed E-state index contributed by atoms with van der Waals surface area (Å²) < 4.78 is 38.5. The highest BCUT2D eigenvalue weighted by molar-refractivity contribution is 5.13. The van der Waals surface area contributed by atoms with Crippen molar-refractivity contribution in [3.8, 4) is 0 Å². The second-order valence-electron chi connectivity index (χ2n) is 10.3. The number of rotatable bonds is 11. The average molecular weight is 609 g/mol. The van der Waals surface area contributed by atoms with Crippen molar-refractivity contribution in [2.75, 3.05) is 26.9 Å². The number of hydrogen-bond donors (Lipinski definition) is 9. The topological polar surface area (TPSA) is 247 Å². The fraction of sp³-hybridized carbons (Fsp3) is 0.769. The highest BCUT2D eigenvalue weighted by Crippen LogP contribution is 2.33. The molecule has 4 rings (SSSR count). The first-order chi connectivity index (χ1) is 20.1. The molecule has 0 amide bonds. The Balaban J connectivity index is 1.51. The van der Waals surface area contributed by atoms with E-state index in [1.165, 1.54) is 7.11 Å². The van der Waals surface area contributed by atoms with E-state index in [4.69, 9.17) is 33.2 Å². The van der Waals surface area contributed by atoms with Gasteiger partial charge in [0.15, 0.2) is 18.9 Å². The number of hydrogen-bond acceptors (Lipinski definition) is 16. The molecule has 0 radical (unpaired) electrons. The van der Waals surface area contributed by atoms with Crippen molar-refractivity contribution < 1.29 is 79.1 Å². The van der Waals surface area contributed by atoms with Crippen molar-refractivity contribution in [3.05, 3.63) is 35.9 Å². The second-order valence-corrected chi connectivity index (χ2v) is 10.3. The monoisotopic (exact) mass is 608 g/mol. The molecule has 1 aromatic carbocycles. The van der Waals surface area contributed by atoms with Gasteiger partial charge in [0.05, 0.1) is 26.4 Å². The summed E-state index contributed by atoms with van der Waals surface area (Å²) in [6.07, 6.45) is -23.0. The lowest BCUT2D eigenvalue weighted by atomic mass is 9.96. The van der Waals surface area contributed by atoms with Gasteiger partial charge in [0.25, 0.3) is 0 Å². The maximum Gasteiger partial charge on any atom is 0.187 e. The molecule has 15 atom stereocenters. The minimum absolute atomic E-state index is 0.0113. The standard InChI is InChI=1S/C26H40O16/c1-36-24-19(34)22(16(31)13(8-28)38-24)41-26-20(35)23(17(32)14(9-29)40-26)42-25-18(33)21(15(30)12(7-27)39-25)37-10-11-5-3-2-4-6-11/h2-6,12-35H,7-10H2,1H3/t12-,13-,14-,15+,16+,17+,18-,19-,20-,21+,22+,23+,24-,25+,26+/m1/s1. The molecule has 0 spiro atoms. The Morgan fingerprint density at radius 2 is 0.976 bits per heavy atom. The summed E-state index contributed by atoms with van der Waals surface area (Å²) >= 11 is 0. The van der Waals surface area contributed by atoms with E-state index in [-0.39, 0.29) is 6.61 Å². The third kappa shape index (κ3) is 7.10. The van der Waals surface area contributed by atoms with Crippen LogP contribution < -0.4 is 0 Å². The van der Waals surface area contributed by atoms with Crippen LogP contribution in [0.5, 0.6) is 0 Å². The zero-order valence-electron chi connectivity index (χ0n) is 22.8. The molecule has 16 heteroatoms. The maximum atomic E-state index is 11.1. The minimum Gasteiger partial charge on any atom is -0.394 e. The van der Waals surface area contributed by atoms with E-state index >= 15 is 0 Å². The van der Waals surface area contributed by atoms with E-state index in [0.29, 0.717) is 0 Å². The lowest BCUT2D eigenvalue weighted by Gasteiger charge is -2.48. The van der Waals surface area contributed by atoms with Gasteiger partial charge in [-0.25, -0.2) is 0 Å². The predicted molar refractivity (Wildman–Crippen MR) is 135 cm³/mol. The molecule has 3 aliphatic heterocycles. The third-order valence-corrected chi connectivity index (χ3v) is 7.57. The van der Waals surface area contributed by atoms with E-state index in [1.54, 1.807) is 30.3 Å². The van der Waals surface area contributed by atoms with E-state index < -0.39 is 112 Å². The van der Waals surface area contributed by atoms with Crippen molar-refractivity contribution in [2.45, 2.75) is 98.7 Å². The van der Waals surface area contributed by atoms with Crippen LogP contribution in [0.3, 0.4) is 0 Å². The normalized spacial score (nSPS) is 44.7. The molecule has 9 N–H and O–H groups in total. The minimum atomic E-state index is -1.86. The number of methoxy groups -OCH3 is 1. The molecule has 0 unspecified atom stereocenters. The van der Waals surface area contributed by atoms with Gasteiger partial charge in [-0.1, -0.05) is 30.3 Å². The molecule has 16 nitrogen and oxygen atoms in total. The first-order valence-corrected chi connectivity index (χ1v) is 13.5. The van der Waals surface area contributed by atoms with Crippen LogP contribution in [0.25, 0.3) is 0 Å². The van der Waals surface area contributed by atoms with E-state index in [9.17, 15) is 46.0 Å². The van der Waals surface area contributed by atoms with Gasteiger partial charge >= 0.3 is 0 Å². The Labute approximate surface area is 241 Å². The van der Waals surface area contributed by atoms with Crippen LogP contribution in [-0.2, 0) is 39.8 Å². The van der Waals surface area contributed by atoms with Gasteiger partial charge < -0.3 is 79.1 Å². The molecule has 42 heavy (non-hydrogen) atoms. The van der Waals surface area contributed by atoms with Crippen LogP contribution in [0.1, 0.15) is 5.56 Å². The molecule has 3 aliphatic rings. The van der Waals surface area contributed by atoms with Crippen LogP contribution in [0.4, 0.5) is 0 Å². The number of aliphatic hydroxyl groups excluding tert-OH is 9. The molecular weight excluding hydrogens is 568 g/mol. The van der Waals surface area contributed by atoms with Gasteiger partial charge in [0.2, 0.25) is 0 Å². The zero-order chi connectivity index (χ0) is 30.6. The molecule has 3 heterocycles. The van der Waals surface area contributed by atoms with Crippen molar-refractivity contribution in [2.24, 2.45) is 0 Å². The Hall–Kier alpha value is -1.42. The van der Waals surface area contributed by atoms with E-state index in [0.717, 1.165) is 5.56 Å². The molecule has 0 saturated carbocycles. The summed E-state index contributed by atoms with van der Waals surface area (Å²) in [5.74, 6) is 0. The predicted octanol–water partition coefficient (Wildman–Crippen LogP) is -4.69. The Bertz CT molecular complexity index is 926. The molecule has 0 aromatic heterocycles. The van der Waals surface area contributed by atoms with Crippen LogP contribution in [0, 0.1) is 0 Å². The van der Waals surface area contributed by atoms with Crippen LogP contribution >= 0.6 is 0 Å². The van der Waals surface area contributed by atoms with Crippen LogP contribution in [0.15, 0.2) is 30.3 Å². The molecule has 3 saturated heterocycles. The highest BCUT2D eigenvalue weighted by Gasteiger charge is 2.54. The molecule has 0 aliphatic carbocycles. The Morgan fingerprint density at radius 3 is 1.43 bits per heavy atom. The number of benzene rings is 1. The summed E-state index contributed by atoms with van der Waals surface area (Å²) in [5.41, 5.74) is 0.735. The summed E-state index contributed by atoms with van der Waals surface area (Å²) in [4.78, 5) is 0. The van der Waals surface area contributed by atoms with Gasteiger partial charge in [-0.05, 0) is 5.56 Å². The fourth-order valence-electron chi connectivity index (χ4n) is 5.17. The molecular formula is C26H40O16. The van der Waals surface area contributed by atoms with Gasteiger partial charge in [0, 0.05) is 7.11 Å². The van der Waals surface area contributed by atoms with Crippen molar-refractivity contribution in [1.29, 1.82) is 0 Å². The van der Waals surface area contributed by atoms with Crippen LogP contribution in [0.2, 0.25) is 0 Å².